The Morgan fingerprint density at radius 3 is 2.41 bits per heavy atom. The van der Waals surface area contributed by atoms with Gasteiger partial charge in [-0.3, -0.25) is 0 Å². The highest BCUT2D eigenvalue weighted by Crippen LogP contribution is 2.35. The SMILES string of the molecule is CC(C)OCCN(C)CC1(CN)CCCCC1. The van der Waals surface area contributed by atoms with Gasteiger partial charge in [0.15, 0.2) is 0 Å². The normalized spacial score (nSPS) is 20.1. The van der Waals surface area contributed by atoms with Gasteiger partial charge in [0, 0.05) is 13.1 Å². The lowest BCUT2D eigenvalue weighted by atomic mass is 9.74. The van der Waals surface area contributed by atoms with Crippen molar-refractivity contribution in [3.05, 3.63) is 0 Å². The van der Waals surface area contributed by atoms with E-state index in [0.29, 0.717) is 11.5 Å². The predicted octanol–water partition coefficient (Wildman–Crippen LogP) is 2.25. The van der Waals surface area contributed by atoms with Crippen molar-refractivity contribution in [2.45, 2.75) is 52.1 Å². The van der Waals surface area contributed by atoms with E-state index in [1.54, 1.807) is 0 Å². The molecule has 102 valence electrons. The van der Waals surface area contributed by atoms with E-state index < -0.39 is 0 Å². The highest BCUT2D eigenvalue weighted by atomic mass is 16.5. The highest BCUT2D eigenvalue weighted by molar-refractivity contribution is 4.86. The Kier molecular flexibility index (Phi) is 6.45. The minimum atomic E-state index is 0.335. The maximum Gasteiger partial charge on any atom is 0.0596 e. The number of ether oxygens (including phenoxy) is 1. The minimum absolute atomic E-state index is 0.335. The van der Waals surface area contributed by atoms with Crippen LogP contribution in [-0.4, -0.2) is 44.3 Å². The van der Waals surface area contributed by atoms with Gasteiger partial charge >= 0.3 is 0 Å². The van der Waals surface area contributed by atoms with Crippen LogP contribution in [0.2, 0.25) is 0 Å². The van der Waals surface area contributed by atoms with Gasteiger partial charge in [-0.2, -0.15) is 0 Å². The van der Waals surface area contributed by atoms with Crippen LogP contribution < -0.4 is 5.73 Å². The average Bonchev–Trinajstić information content (AvgIpc) is 2.29. The predicted molar refractivity (Wildman–Crippen MR) is 73.2 cm³/mol. The van der Waals surface area contributed by atoms with Gasteiger partial charge in [0.05, 0.1) is 12.7 Å². The summed E-state index contributed by atoms with van der Waals surface area (Å²) in [5, 5.41) is 0. The van der Waals surface area contributed by atoms with Crippen LogP contribution in [0.5, 0.6) is 0 Å². The summed E-state index contributed by atoms with van der Waals surface area (Å²) in [4.78, 5) is 2.39. The highest BCUT2D eigenvalue weighted by Gasteiger charge is 2.31. The summed E-state index contributed by atoms with van der Waals surface area (Å²) >= 11 is 0. The standard InChI is InChI=1S/C14H30N2O/c1-13(2)17-10-9-16(3)12-14(11-15)7-5-4-6-8-14/h13H,4-12,15H2,1-3H3. The van der Waals surface area contributed by atoms with Crippen molar-refractivity contribution >= 4 is 0 Å². The fourth-order valence-electron chi connectivity index (χ4n) is 2.82. The molecule has 0 heterocycles. The van der Waals surface area contributed by atoms with Gasteiger partial charge in [-0.15, -0.1) is 0 Å². The Morgan fingerprint density at radius 1 is 1.24 bits per heavy atom. The summed E-state index contributed by atoms with van der Waals surface area (Å²) in [6.45, 7) is 7.98. The van der Waals surface area contributed by atoms with E-state index >= 15 is 0 Å². The summed E-state index contributed by atoms with van der Waals surface area (Å²) in [6.07, 6.45) is 7.04. The first kappa shape index (κ1) is 14.9. The van der Waals surface area contributed by atoms with Crippen molar-refractivity contribution in [3.63, 3.8) is 0 Å². The molecule has 1 aliphatic carbocycles. The molecule has 0 atom stereocenters. The zero-order chi connectivity index (χ0) is 12.7. The van der Waals surface area contributed by atoms with Gasteiger partial charge in [-0.05, 0) is 45.7 Å². The molecule has 0 bridgehead atoms. The fourth-order valence-corrected chi connectivity index (χ4v) is 2.82. The minimum Gasteiger partial charge on any atom is -0.377 e. The van der Waals surface area contributed by atoms with Crippen LogP contribution in [0.4, 0.5) is 0 Å². The maximum atomic E-state index is 6.01. The number of likely N-dealkylation sites (N-methyl/N-ethyl adjacent to an activating group) is 1. The lowest BCUT2D eigenvalue weighted by Gasteiger charge is -2.39. The van der Waals surface area contributed by atoms with E-state index in [2.05, 4.69) is 25.8 Å². The molecule has 0 spiro atoms. The third-order valence-electron chi connectivity index (χ3n) is 3.88. The van der Waals surface area contributed by atoms with Crippen LogP contribution in [0.3, 0.4) is 0 Å². The van der Waals surface area contributed by atoms with Gasteiger partial charge in [0.25, 0.3) is 0 Å². The quantitative estimate of drug-likeness (QED) is 0.744. The number of hydrogen-bond acceptors (Lipinski definition) is 3. The van der Waals surface area contributed by atoms with Crippen LogP contribution in [0.25, 0.3) is 0 Å². The van der Waals surface area contributed by atoms with Crippen molar-refractivity contribution < 1.29 is 4.74 Å². The molecule has 0 aromatic carbocycles. The number of rotatable bonds is 7. The summed E-state index contributed by atoms with van der Waals surface area (Å²) in [6, 6.07) is 0. The smallest absolute Gasteiger partial charge is 0.0596 e. The van der Waals surface area contributed by atoms with E-state index in [1.807, 2.05) is 0 Å². The second-order valence-electron chi connectivity index (χ2n) is 5.92. The summed E-state index contributed by atoms with van der Waals surface area (Å²) in [5.74, 6) is 0. The monoisotopic (exact) mass is 242 g/mol. The zero-order valence-corrected chi connectivity index (χ0v) is 11.9. The topological polar surface area (TPSA) is 38.5 Å². The van der Waals surface area contributed by atoms with Gasteiger partial charge < -0.3 is 15.4 Å². The van der Waals surface area contributed by atoms with Crippen molar-refractivity contribution in [2.24, 2.45) is 11.1 Å². The molecule has 1 aliphatic rings. The molecule has 0 aliphatic heterocycles. The second-order valence-corrected chi connectivity index (χ2v) is 5.92. The number of hydrogen-bond donors (Lipinski definition) is 1. The second kappa shape index (κ2) is 7.34. The van der Waals surface area contributed by atoms with Crippen molar-refractivity contribution in [2.75, 3.05) is 33.3 Å². The Bertz CT molecular complexity index is 200. The Morgan fingerprint density at radius 2 is 1.88 bits per heavy atom. The lowest BCUT2D eigenvalue weighted by Crippen LogP contribution is -2.43. The number of nitrogens with two attached hydrogens (primary N) is 1. The zero-order valence-electron chi connectivity index (χ0n) is 11.9. The fraction of sp³-hybridized carbons (Fsp3) is 1.00. The third kappa shape index (κ3) is 5.36. The first-order chi connectivity index (χ1) is 8.08. The molecule has 0 saturated heterocycles. The molecule has 0 amide bonds. The molecule has 2 N–H and O–H groups in total. The van der Waals surface area contributed by atoms with E-state index in [4.69, 9.17) is 10.5 Å². The van der Waals surface area contributed by atoms with E-state index in [9.17, 15) is 0 Å². The van der Waals surface area contributed by atoms with Crippen LogP contribution in [0, 0.1) is 5.41 Å². The van der Waals surface area contributed by atoms with Gasteiger partial charge in [0.1, 0.15) is 0 Å². The Balaban J connectivity index is 2.29. The molecule has 3 nitrogen and oxygen atoms in total. The first-order valence-electron chi connectivity index (χ1n) is 7.08. The van der Waals surface area contributed by atoms with Crippen LogP contribution >= 0.6 is 0 Å². The summed E-state index contributed by atoms with van der Waals surface area (Å²) in [5.41, 5.74) is 6.39. The molecular weight excluding hydrogens is 212 g/mol. The third-order valence-corrected chi connectivity index (χ3v) is 3.88. The van der Waals surface area contributed by atoms with E-state index in [1.165, 1.54) is 32.1 Å². The van der Waals surface area contributed by atoms with Gasteiger partial charge in [-0.25, -0.2) is 0 Å². The van der Waals surface area contributed by atoms with Crippen molar-refractivity contribution in [1.29, 1.82) is 0 Å². The molecule has 1 saturated carbocycles. The molecule has 0 radical (unpaired) electrons. The number of nitrogens with zero attached hydrogens (tertiary/aromatic N) is 1. The Hall–Kier alpha value is -0.120. The molecule has 0 aromatic heterocycles. The van der Waals surface area contributed by atoms with E-state index in [0.717, 1.165) is 26.2 Å². The lowest BCUT2D eigenvalue weighted by molar-refractivity contribution is 0.0493. The molecule has 1 rings (SSSR count). The molecule has 17 heavy (non-hydrogen) atoms. The molecule has 0 aromatic rings. The molecule has 1 fully saturated rings. The van der Waals surface area contributed by atoms with Gasteiger partial charge in [0.2, 0.25) is 0 Å². The van der Waals surface area contributed by atoms with Crippen LogP contribution in [0.15, 0.2) is 0 Å². The Labute approximate surface area is 107 Å². The average molecular weight is 242 g/mol. The maximum absolute atomic E-state index is 6.01. The summed E-state index contributed by atoms with van der Waals surface area (Å²) in [7, 11) is 2.19. The van der Waals surface area contributed by atoms with Crippen molar-refractivity contribution in [1.82, 2.24) is 4.90 Å². The first-order valence-corrected chi connectivity index (χ1v) is 7.08. The van der Waals surface area contributed by atoms with Crippen LogP contribution in [0.1, 0.15) is 46.0 Å². The van der Waals surface area contributed by atoms with E-state index in [-0.39, 0.29) is 0 Å². The van der Waals surface area contributed by atoms with Crippen molar-refractivity contribution in [3.8, 4) is 0 Å². The largest absolute Gasteiger partial charge is 0.377 e. The van der Waals surface area contributed by atoms with Crippen LogP contribution in [-0.2, 0) is 4.74 Å². The summed E-state index contributed by atoms with van der Waals surface area (Å²) < 4.78 is 5.60. The molecule has 3 heteroatoms. The molecular formula is C14H30N2O. The molecule has 0 unspecified atom stereocenters. The van der Waals surface area contributed by atoms with Gasteiger partial charge in [-0.1, -0.05) is 19.3 Å².